The molecule has 118 valence electrons. The van der Waals surface area contributed by atoms with Gasteiger partial charge in [0.2, 0.25) is 0 Å². The zero-order chi connectivity index (χ0) is 14.9. The molecule has 1 aliphatic carbocycles. The number of ether oxygens (including phenoxy) is 1. The molecule has 0 spiro atoms. The summed E-state index contributed by atoms with van der Waals surface area (Å²) in [7, 11) is 0. The van der Waals surface area contributed by atoms with Crippen LogP contribution >= 0.6 is 0 Å². The van der Waals surface area contributed by atoms with Crippen molar-refractivity contribution in [1.29, 1.82) is 0 Å². The molecule has 2 amide bonds. The number of fused-ring (bicyclic) bond motifs is 1. The monoisotopic (exact) mass is 294 g/mol. The van der Waals surface area contributed by atoms with E-state index < -0.39 is 0 Å². The van der Waals surface area contributed by atoms with Crippen molar-refractivity contribution in [3.63, 3.8) is 0 Å². The molecule has 5 heteroatoms. The Morgan fingerprint density at radius 1 is 1.43 bits per heavy atom. The summed E-state index contributed by atoms with van der Waals surface area (Å²) in [6, 6.07) is 1.93. The minimum atomic E-state index is -0.109. The Bertz CT molecular complexity index is 431. The number of urea groups is 1. The molecule has 0 radical (unpaired) electrons. The average Bonchev–Trinajstić information content (AvgIpc) is 2.96. The molecule has 1 aliphatic rings. The minimum absolute atomic E-state index is 0.0771. The van der Waals surface area contributed by atoms with E-state index in [-0.39, 0.29) is 12.1 Å². The van der Waals surface area contributed by atoms with Crippen LogP contribution in [0.4, 0.5) is 4.79 Å². The van der Waals surface area contributed by atoms with Crippen LogP contribution in [0.2, 0.25) is 0 Å². The van der Waals surface area contributed by atoms with Crippen LogP contribution in [-0.4, -0.2) is 25.8 Å². The van der Waals surface area contributed by atoms with E-state index in [4.69, 9.17) is 9.15 Å². The maximum atomic E-state index is 11.9. The standard InChI is InChI=1S/C16H26N2O3/c1-2-3-10-20-11-5-9-17-16(19)18-14-6-4-7-15-13(14)8-12-21-15/h8,12,14H,2-7,9-11H2,1H3,(H2,17,18,19). The van der Waals surface area contributed by atoms with Gasteiger partial charge in [0.15, 0.2) is 0 Å². The number of hydrogen-bond donors (Lipinski definition) is 2. The summed E-state index contributed by atoms with van der Waals surface area (Å²) in [6.07, 6.45) is 7.80. The number of amides is 2. The smallest absolute Gasteiger partial charge is 0.315 e. The molecule has 0 saturated heterocycles. The summed E-state index contributed by atoms with van der Waals surface area (Å²) in [6.45, 7) is 4.30. The normalized spacial score (nSPS) is 17.3. The number of rotatable bonds is 8. The van der Waals surface area contributed by atoms with Crippen LogP contribution in [0.5, 0.6) is 0 Å². The van der Waals surface area contributed by atoms with Gasteiger partial charge >= 0.3 is 6.03 Å². The van der Waals surface area contributed by atoms with E-state index >= 15 is 0 Å². The lowest BCUT2D eigenvalue weighted by molar-refractivity contribution is 0.129. The topological polar surface area (TPSA) is 63.5 Å². The van der Waals surface area contributed by atoms with Crippen molar-refractivity contribution in [2.45, 2.75) is 51.5 Å². The fourth-order valence-electron chi connectivity index (χ4n) is 2.57. The Morgan fingerprint density at radius 3 is 3.14 bits per heavy atom. The fourth-order valence-corrected chi connectivity index (χ4v) is 2.57. The lowest BCUT2D eigenvalue weighted by Gasteiger charge is -2.22. The summed E-state index contributed by atoms with van der Waals surface area (Å²) in [5.41, 5.74) is 1.12. The van der Waals surface area contributed by atoms with Gasteiger partial charge in [0.25, 0.3) is 0 Å². The molecule has 0 aromatic carbocycles. The molecule has 1 heterocycles. The first kappa shape index (κ1) is 15.9. The lowest BCUT2D eigenvalue weighted by Crippen LogP contribution is -2.39. The van der Waals surface area contributed by atoms with Gasteiger partial charge in [-0.15, -0.1) is 0 Å². The SMILES string of the molecule is CCCCOCCCNC(=O)NC1CCCc2occc21. The Hall–Kier alpha value is -1.49. The van der Waals surface area contributed by atoms with E-state index in [0.29, 0.717) is 13.2 Å². The zero-order valence-corrected chi connectivity index (χ0v) is 12.8. The van der Waals surface area contributed by atoms with Gasteiger partial charge in [-0.05, 0) is 31.7 Å². The molecule has 2 N–H and O–H groups in total. The van der Waals surface area contributed by atoms with Gasteiger partial charge in [-0.3, -0.25) is 0 Å². The number of nitrogens with one attached hydrogen (secondary N) is 2. The second-order valence-electron chi connectivity index (χ2n) is 5.46. The molecule has 21 heavy (non-hydrogen) atoms. The Morgan fingerprint density at radius 2 is 2.29 bits per heavy atom. The van der Waals surface area contributed by atoms with Gasteiger partial charge < -0.3 is 19.8 Å². The molecule has 0 saturated carbocycles. The molecule has 2 rings (SSSR count). The van der Waals surface area contributed by atoms with Crippen LogP contribution in [0.25, 0.3) is 0 Å². The molecule has 1 unspecified atom stereocenters. The van der Waals surface area contributed by atoms with Crippen LogP contribution in [0.15, 0.2) is 16.7 Å². The second-order valence-corrected chi connectivity index (χ2v) is 5.46. The van der Waals surface area contributed by atoms with Crippen molar-refractivity contribution in [3.8, 4) is 0 Å². The van der Waals surface area contributed by atoms with Crippen LogP contribution in [0.1, 0.15) is 56.4 Å². The zero-order valence-electron chi connectivity index (χ0n) is 12.8. The molecule has 0 bridgehead atoms. The minimum Gasteiger partial charge on any atom is -0.469 e. The fraction of sp³-hybridized carbons (Fsp3) is 0.688. The Kier molecular flexibility index (Phi) is 6.60. The molecular weight excluding hydrogens is 268 g/mol. The maximum absolute atomic E-state index is 11.9. The van der Waals surface area contributed by atoms with Crippen molar-refractivity contribution in [3.05, 3.63) is 23.7 Å². The first-order valence-electron chi connectivity index (χ1n) is 7.99. The average molecular weight is 294 g/mol. The van der Waals surface area contributed by atoms with E-state index in [0.717, 1.165) is 56.5 Å². The number of carbonyl (C=O) groups is 1. The third-order valence-electron chi connectivity index (χ3n) is 3.75. The van der Waals surface area contributed by atoms with Gasteiger partial charge in [0.1, 0.15) is 5.76 Å². The van der Waals surface area contributed by atoms with Crippen molar-refractivity contribution in [2.75, 3.05) is 19.8 Å². The van der Waals surface area contributed by atoms with Crippen LogP contribution in [0.3, 0.4) is 0 Å². The summed E-state index contributed by atoms with van der Waals surface area (Å²) in [5, 5.41) is 5.90. The highest BCUT2D eigenvalue weighted by Gasteiger charge is 2.23. The molecule has 5 nitrogen and oxygen atoms in total. The summed E-state index contributed by atoms with van der Waals surface area (Å²) < 4.78 is 10.9. The molecule has 0 fully saturated rings. The predicted octanol–water partition coefficient (Wildman–Crippen LogP) is 3.16. The number of hydrogen-bond acceptors (Lipinski definition) is 3. The second kappa shape index (κ2) is 8.72. The van der Waals surface area contributed by atoms with Gasteiger partial charge in [-0.1, -0.05) is 13.3 Å². The van der Waals surface area contributed by atoms with Crippen LogP contribution < -0.4 is 10.6 Å². The van der Waals surface area contributed by atoms with Gasteiger partial charge in [-0.2, -0.15) is 0 Å². The highest BCUT2D eigenvalue weighted by molar-refractivity contribution is 5.74. The Balaban J connectivity index is 1.60. The number of unbranched alkanes of at least 4 members (excludes halogenated alkanes) is 1. The van der Waals surface area contributed by atoms with E-state index in [1.54, 1.807) is 6.26 Å². The van der Waals surface area contributed by atoms with Crippen molar-refractivity contribution < 1.29 is 13.9 Å². The van der Waals surface area contributed by atoms with Crippen LogP contribution in [0, 0.1) is 0 Å². The number of aryl methyl sites for hydroxylation is 1. The summed E-state index contributed by atoms with van der Waals surface area (Å²) >= 11 is 0. The van der Waals surface area contributed by atoms with Gasteiger partial charge in [-0.25, -0.2) is 4.79 Å². The molecule has 1 aromatic rings. The Labute approximate surface area is 126 Å². The van der Waals surface area contributed by atoms with Crippen molar-refractivity contribution >= 4 is 6.03 Å². The van der Waals surface area contributed by atoms with Crippen molar-refractivity contribution in [2.24, 2.45) is 0 Å². The number of carbonyl (C=O) groups excluding carboxylic acids is 1. The highest BCUT2D eigenvalue weighted by atomic mass is 16.5. The summed E-state index contributed by atoms with van der Waals surface area (Å²) in [4.78, 5) is 11.9. The molecule has 1 aromatic heterocycles. The first-order chi connectivity index (χ1) is 10.3. The van der Waals surface area contributed by atoms with E-state index in [1.807, 2.05) is 6.07 Å². The maximum Gasteiger partial charge on any atom is 0.315 e. The van der Waals surface area contributed by atoms with Crippen LogP contribution in [-0.2, 0) is 11.2 Å². The van der Waals surface area contributed by atoms with E-state index in [1.165, 1.54) is 0 Å². The molecule has 1 atom stereocenters. The first-order valence-corrected chi connectivity index (χ1v) is 7.99. The van der Waals surface area contributed by atoms with Crippen molar-refractivity contribution in [1.82, 2.24) is 10.6 Å². The quantitative estimate of drug-likeness (QED) is 0.724. The lowest BCUT2D eigenvalue weighted by atomic mass is 9.93. The highest BCUT2D eigenvalue weighted by Crippen LogP contribution is 2.30. The largest absolute Gasteiger partial charge is 0.469 e. The van der Waals surface area contributed by atoms with E-state index in [9.17, 15) is 4.79 Å². The third-order valence-corrected chi connectivity index (χ3v) is 3.75. The van der Waals surface area contributed by atoms with E-state index in [2.05, 4.69) is 17.6 Å². The predicted molar refractivity (Wildman–Crippen MR) is 81.3 cm³/mol. The summed E-state index contributed by atoms with van der Waals surface area (Å²) in [5.74, 6) is 1.01. The van der Waals surface area contributed by atoms with Gasteiger partial charge in [0, 0.05) is 31.7 Å². The van der Waals surface area contributed by atoms with Gasteiger partial charge in [0.05, 0.1) is 12.3 Å². The molecular formula is C16H26N2O3. The molecule has 0 aliphatic heterocycles. The third kappa shape index (κ3) is 5.08. The number of furan rings is 1.